The van der Waals surface area contributed by atoms with Crippen molar-refractivity contribution >= 4 is 11.8 Å². The van der Waals surface area contributed by atoms with Gasteiger partial charge in [-0.25, -0.2) is 0 Å². The minimum absolute atomic E-state index is 0.325. The number of furan rings is 1. The van der Waals surface area contributed by atoms with Crippen molar-refractivity contribution in [3.05, 3.63) is 24.2 Å². The minimum atomic E-state index is 0.325. The Kier molecular flexibility index (Phi) is 7.43. The summed E-state index contributed by atoms with van der Waals surface area (Å²) in [4.78, 5) is 0. The SMILES string of the molecule is CCCCCSCCNC(C)c1ccco1. The molecule has 2 nitrogen and oxygen atoms in total. The predicted molar refractivity (Wildman–Crippen MR) is 72.0 cm³/mol. The van der Waals surface area contributed by atoms with Crippen molar-refractivity contribution in [3.8, 4) is 0 Å². The van der Waals surface area contributed by atoms with Crippen LogP contribution in [0.4, 0.5) is 0 Å². The van der Waals surface area contributed by atoms with Crippen LogP contribution < -0.4 is 5.32 Å². The zero-order chi connectivity index (χ0) is 11.6. The number of rotatable bonds is 9. The van der Waals surface area contributed by atoms with Crippen LogP contribution in [0.5, 0.6) is 0 Å². The quantitative estimate of drug-likeness (QED) is 0.665. The van der Waals surface area contributed by atoms with E-state index in [1.54, 1.807) is 6.26 Å². The molecular formula is C13H23NOS. The maximum absolute atomic E-state index is 5.34. The Balaban J connectivity index is 1.95. The van der Waals surface area contributed by atoms with Gasteiger partial charge in [0, 0.05) is 12.3 Å². The zero-order valence-corrected chi connectivity index (χ0v) is 11.2. The fourth-order valence-electron chi connectivity index (χ4n) is 1.54. The van der Waals surface area contributed by atoms with Crippen molar-refractivity contribution in [1.82, 2.24) is 5.32 Å². The number of hydrogen-bond donors (Lipinski definition) is 1. The van der Waals surface area contributed by atoms with Crippen LogP contribution in [0.25, 0.3) is 0 Å². The van der Waals surface area contributed by atoms with E-state index in [4.69, 9.17) is 4.42 Å². The molecule has 1 N–H and O–H groups in total. The van der Waals surface area contributed by atoms with Crippen molar-refractivity contribution in [2.75, 3.05) is 18.1 Å². The molecule has 1 aromatic heterocycles. The molecule has 1 heterocycles. The van der Waals surface area contributed by atoms with Gasteiger partial charge in [-0.3, -0.25) is 0 Å². The van der Waals surface area contributed by atoms with Crippen LogP contribution in [0.15, 0.2) is 22.8 Å². The van der Waals surface area contributed by atoms with Gasteiger partial charge in [0.1, 0.15) is 5.76 Å². The lowest BCUT2D eigenvalue weighted by molar-refractivity contribution is 0.438. The normalized spacial score (nSPS) is 12.9. The first-order valence-electron chi connectivity index (χ1n) is 6.19. The van der Waals surface area contributed by atoms with Crippen molar-refractivity contribution in [2.24, 2.45) is 0 Å². The second kappa shape index (κ2) is 8.71. The van der Waals surface area contributed by atoms with E-state index in [9.17, 15) is 0 Å². The summed E-state index contributed by atoms with van der Waals surface area (Å²) in [5.74, 6) is 3.51. The van der Waals surface area contributed by atoms with Gasteiger partial charge in [0.2, 0.25) is 0 Å². The van der Waals surface area contributed by atoms with Crippen LogP contribution in [-0.4, -0.2) is 18.1 Å². The molecule has 0 bridgehead atoms. The molecule has 1 unspecified atom stereocenters. The van der Waals surface area contributed by atoms with Crippen LogP contribution in [0.2, 0.25) is 0 Å². The van der Waals surface area contributed by atoms with Crippen LogP contribution >= 0.6 is 11.8 Å². The molecule has 0 aliphatic carbocycles. The Bertz CT molecular complexity index is 248. The summed E-state index contributed by atoms with van der Waals surface area (Å²) >= 11 is 2.04. The van der Waals surface area contributed by atoms with E-state index in [1.807, 2.05) is 23.9 Å². The highest BCUT2D eigenvalue weighted by molar-refractivity contribution is 7.99. The van der Waals surface area contributed by atoms with Gasteiger partial charge in [0.15, 0.2) is 0 Å². The molecule has 92 valence electrons. The standard InChI is InChI=1S/C13H23NOS/c1-3-4-5-10-16-11-8-14-12(2)13-7-6-9-15-13/h6-7,9,12,14H,3-5,8,10-11H2,1-2H3. The van der Waals surface area contributed by atoms with Gasteiger partial charge in [-0.1, -0.05) is 19.8 Å². The van der Waals surface area contributed by atoms with E-state index in [0.29, 0.717) is 6.04 Å². The average molecular weight is 241 g/mol. The maximum atomic E-state index is 5.34. The third kappa shape index (κ3) is 5.61. The highest BCUT2D eigenvalue weighted by Gasteiger charge is 2.05. The van der Waals surface area contributed by atoms with Crippen molar-refractivity contribution in [1.29, 1.82) is 0 Å². The molecule has 0 saturated heterocycles. The first-order chi connectivity index (χ1) is 7.84. The van der Waals surface area contributed by atoms with E-state index in [2.05, 4.69) is 19.2 Å². The monoisotopic (exact) mass is 241 g/mol. The Morgan fingerprint density at radius 3 is 2.94 bits per heavy atom. The first-order valence-corrected chi connectivity index (χ1v) is 7.34. The number of hydrogen-bond acceptors (Lipinski definition) is 3. The second-order valence-electron chi connectivity index (χ2n) is 4.01. The molecule has 1 rings (SSSR count). The highest BCUT2D eigenvalue weighted by Crippen LogP contribution is 2.12. The smallest absolute Gasteiger partial charge is 0.120 e. The summed E-state index contributed by atoms with van der Waals surface area (Å²) in [6.07, 6.45) is 5.76. The third-order valence-electron chi connectivity index (χ3n) is 2.56. The second-order valence-corrected chi connectivity index (χ2v) is 5.24. The summed E-state index contributed by atoms with van der Waals surface area (Å²) in [5, 5.41) is 3.46. The van der Waals surface area contributed by atoms with Gasteiger partial charge in [0.05, 0.1) is 12.3 Å². The van der Waals surface area contributed by atoms with E-state index in [-0.39, 0.29) is 0 Å². The largest absolute Gasteiger partial charge is 0.468 e. The Morgan fingerprint density at radius 1 is 1.38 bits per heavy atom. The summed E-state index contributed by atoms with van der Waals surface area (Å²) in [6, 6.07) is 4.28. The molecule has 0 aromatic carbocycles. The van der Waals surface area contributed by atoms with Gasteiger partial charge in [-0.05, 0) is 31.2 Å². The lowest BCUT2D eigenvalue weighted by Crippen LogP contribution is -2.21. The Morgan fingerprint density at radius 2 is 2.25 bits per heavy atom. The van der Waals surface area contributed by atoms with Gasteiger partial charge >= 0.3 is 0 Å². The van der Waals surface area contributed by atoms with Crippen LogP contribution in [0.3, 0.4) is 0 Å². The maximum Gasteiger partial charge on any atom is 0.120 e. The third-order valence-corrected chi connectivity index (χ3v) is 3.63. The fraction of sp³-hybridized carbons (Fsp3) is 0.692. The van der Waals surface area contributed by atoms with Crippen molar-refractivity contribution in [3.63, 3.8) is 0 Å². The van der Waals surface area contributed by atoms with E-state index >= 15 is 0 Å². The molecular weight excluding hydrogens is 218 g/mol. The summed E-state index contributed by atoms with van der Waals surface area (Å²) < 4.78 is 5.34. The molecule has 1 aromatic rings. The number of thioether (sulfide) groups is 1. The van der Waals surface area contributed by atoms with Gasteiger partial charge in [-0.15, -0.1) is 0 Å². The predicted octanol–water partition coefficient (Wildman–Crippen LogP) is 3.85. The molecule has 0 radical (unpaired) electrons. The molecule has 3 heteroatoms. The highest BCUT2D eigenvalue weighted by atomic mass is 32.2. The van der Waals surface area contributed by atoms with E-state index in [0.717, 1.165) is 12.3 Å². The average Bonchev–Trinajstić information content (AvgIpc) is 2.81. The lowest BCUT2D eigenvalue weighted by atomic mass is 10.2. The summed E-state index contributed by atoms with van der Waals surface area (Å²) in [5.41, 5.74) is 0. The number of unbranched alkanes of at least 4 members (excludes halogenated alkanes) is 2. The zero-order valence-electron chi connectivity index (χ0n) is 10.4. The van der Waals surface area contributed by atoms with Gasteiger partial charge in [-0.2, -0.15) is 11.8 Å². The molecule has 1 atom stereocenters. The van der Waals surface area contributed by atoms with Crippen LogP contribution in [0.1, 0.15) is 44.9 Å². The topological polar surface area (TPSA) is 25.2 Å². The van der Waals surface area contributed by atoms with E-state index in [1.165, 1.54) is 30.8 Å². The molecule has 0 amide bonds. The molecule has 0 spiro atoms. The van der Waals surface area contributed by atoms with E-state index < -0.39 is 0 Å². The first kappa shape index (κ1) is 13.7. The Hall–Kier alpha value is -0.410. The number of nitrogens with one attached hydrogen (secondary N) is 1. The molecule has 0 saturated carbocycles. The fourth-order valence-corrected chi connectivity index (χ4v) is 2.42. The molecule has 16 heavy (non-hydrogen) atoms. The molecule has 0 aliphatic heterocycles. The van der Waals surface area contributed by atoms with Crippen LogP contribution in [-0.2, 0) is 0 Å². The molecule has 0 fully saturated rings. The van der Waals surface area contributed by atoms with Gasteiger partial charge < -0.3 is 9.73 Å². The molecule has 0 aliphatic rings. The minimum Gasteiger partial charge on any atom is -0.468 e. The van der Waals surface area contributed by atoms with Crippen LogP contribution in [0, 0.1) is 0 Å². The van der Waals surface area contributed by atoms with Gasteiger partial charge in [0.25, 0.3) is 0 Å². The van der Waals surface area contributed by atoms with Crippen molar-refractivity contribution < 1.29 is 4.42 Å². The summed E-state index contributed by atoms with van der Waals surface area (Å²) in [7, 11) is 0. The summed E-state index contributed by atoms with van der Waals surface area (Å²) in [6.45, 7) is 5.44. The lowest BCUT2D eigenvalue weighted by Gasteiger charge is -2.10. The Labute approximate surface area is 103 Å². The van der Waals surface area contributed by atoms with Crippen molar-refractivity contribution in [2.45, 2.75) is 39.2 Å².